The van der Waals surface area contributed by atoms with Crippen LogP contribution < -0.4 is 10.6 Å². The molecular formula is C23H18Cl2N6O. The molecule has 32 heavy (non-hydrogen) atoms. The smallest absolute Gasteiger partial charge is 0.276 e. The molecule has 9 heteroatoms. The maximum absolute atomic E-state index is 13.0. The standard InChI is InChI=1S/C23H18Cl2N6O/c1-13-8-21(27-11-14-2-4-17(24)18(25)9-14)30-31-20(12-28-22(13)31)23(32)29-16-3-5-19-15(10-16)6-7-26-19/h2-10,12,26H,11H2,1H3,(H,27,30)(H,29,32). The van der Waals surface area contributed by atoms with Gasteiger partial charge in [-0.05, 0) is 60.5 Å². The van der Waals surface area contributed by atoms with Crippen molar-refractivity contribution in [2.24, 2.45) is 0 Å². The van der Waals surface area contributed by atoms with Crippen LogP contribution in [0.1, 0.15) is 21.6 Å². The number of aromatic amines is 1. The van der Waals surface area contributed by atoms with E-state index < -0.39 is 0 Å². The molecule has 7 nitrogen and oxygen atoms in total. The summed E-state index contributed by atoms with van der Waals surface area (Å²) in [7, 11) is 0. The average Bonchev–Trinajstić information content (AvgIpc) is 3.41. The van der Waals surface area contributed by atoms with Crippen molar-refractivity contribution in [1.29, 1.82) is 0 Å². The molecule has 3 N–H and O–H groups in total. The van der Waals surface area contributed by atoms with Gasteiger partial charge in [-0.15, -0.1) is 5.10 Å². The van der Waals surface area contributed by atoms with Gasteiger partial charge in [0, 0.05) is 29.3 Å². The molecule has 160 valence electrons. The van der Waals surface area contributed by atoms with Gasteiger partial charge >= 0.3 is 0 Å². The quantitative estimate of drug-likeness (QED) is 0.311. The number of imidazole rings is 1. The van der Waals surface area contributed by atoms with Crippen LogP contribution in [-0.2, 0) is 6.54 Å². The van der Waals surface area contributed by atoms with Crippen molar-refractivity contribution in [3.63, 3.8) is 0 Å². The Balaban J connectivity index is 1.40. The molecule has 5 rings (SSSR count). The lowest BCUT2D eigenvalue weighted by Crippen LogP contribution is -2.16. The minimum Gasteiger partial charge on any atom is -0.365 e. The van der Waals surface area contributed by atoms with E-state index in [-0.39, 0.29) is 5.91 Å². The lowest BCUT2D eigenvalue weighted by molar-refractivity contribution is 0.102. The Morgan fingerprint density at radius 3 is 2.81 bits per heavy atom. The molecule has 0 aliphatic carbocycles. The summed E-state index contributed by atoms with van der Waals surface area (Å²) >= 11 is 12.1. The number of rotatable bonds is 5. The highest BCUT2D eigenvalue weighted by atomic mass is 35.5. The van der Waals surface area contributed by atoms with Crippen molar-refractivity contribution in [2.75, 3.05) is 10.6 Å². The van der Waals surface area contributed by atoms with Gasteiger partial charge in [-0.1, -0.05) is 29.3 Å². The van der Waals surface area contributed by atoms with Crippen LogP contribution in [0.3, 0.4) is 0 Å². The van der Waals surface area contributed by atoms with Crippen molar-refractivity contribution in [1.82, 2.24) is 19.6 Å². The Bertz CT molecular complexity index is 1470. The van der Waals surface area contributed by atoms with Crippen molar-refractivity contribution >= 4 is 57.2 Å². The Hall–Kier alpha value is -3.55. The monoisotopic (exact) mass is 464 g/mol. The summed E-state index contributed by atoms with van der Waals surface area (Å²) in [6, 6.07) is 15.0. The Labute approximate surface area is 193 Å². The number of fused-ring (bicyclic) bond motifs is 2. The molecule has 0 aliphatic rings. The van der Waals surface area contributed by atoms with Crippen LogP contribution in [-0.4, -0.2) is 25.5 Å². The van der Waals surface area contributed by atoms with E-state index in [1.165, 1.54) is 6.20 Å². The summed E-state index contributed by atoms with van der Waals surface area (Å²) in [5.74, 6) is 0.322. The first kappa shape index (κ1) is 20.4. The molecule has 0 atom stereocenters. The van der Waals surface area contributed by atoms with Gasteiger partial charge < -0.3 is 15.6 Å². The molecule has 2 aromatic carbocycles. The van der Waals surface area contributed by atoms with E-state index in [0.29, 0.717) is 39.4 Å². The fraction of sp³-hybridized carbons (Fsp3) is 0.0870. The highest BCUT2D eigenvalue weighted by Gasteiger charge is 2.16. The molecule has 3 heterocycles. The first-order chi connectivity index (χ1) is 15.5. The topological polar surface area (TPSA) is 87.1 Å². The van der Waals surface area contributed by atoms with Crippen LogP contribution in [0, 0.1) is 6.92 Å². The number of aryl methyl sites for hydroxylation is 1. The third-order valence-electron chi connectivity index (χ3n) is 5.15. The number of H-pyrrole nitrogens is 1. The molecule has 1 amide bonds. The molecule has 0 unspecified atom stereocenters. The summed E-state index contributed by atoms with van der Waals surface area (Å²) in [5.41, 5.74) is 4.52. The number of nitrogens with zero attached hydrogens (tertiary/aromatic N) is 3. The third kappa shape index (κ3) is 3.88. The van der Waals surface area contributed by atoms with E-state index in [4.69, 9.17) is 23.2 Å². The van der Waals surface area contributed by atoms with Gasteiger partial charge in [0.05, 0.1) is 16.2 Å². The van der Waals surface area contributed by atoms with Gasteiger partial charge in [0.25, 0.3) is 5.91 Å². The fourth-order valence-corrected chi connectivity index (χ4v) is 3.85. The summed E-state index contributed by atoms with van der Waals surface area (Å²) in [4.78, 5) is 20.5. The fourth-order valence-electron chi connectivity index (χ4n) is 3.53. The summed E-state index contributed by atoms with van der Waals surface area (Å²) in [6.45, 7) is 2.43. The van der Waals surface area contributed by atoms with Crippen molar-refractivity contribution in [3.05, 3.63) is 87.8 Å². The Morgan fingerprint density at radius 1 is 1.09 bits per heavy atom. The van der Waals surface area contributed by atoms with Crippen molar-refractivity contribution in [3.8, 4) is 0 Å². The van der Waals surface area contributed by atoms with E-state index in [2.05, 4.69) is 25.7 Å². The molecule has 0 radical (unpaired) electrons. The number of amides is 1. The minimum atomic E-state index is -0.291. The number of carbonyl (C=O) groups excluding carboxylic acids is 1. The molecule has 5 aromatic rings. The number of nitrogens with one attached hydrogen (secondary N) is 3. The largest absolute Gasteiger partial charge is 0.365 e. The molecule has 0 saturated heterocycles. The first-order valence-electron chi connectivity index (χ1n) is 9.89. The molecule has 0 fully saturated rings. The van der Waals surface area contributed by atoms with Crippen LogP contribution in [0.25, 0.3) is 16.6 Å². The number of benzene rings is 2. The molecule has 0 spiro atoms. The Kier molecular flexibility index (Phi) is 5.20. The SMILES string of the molecule is Cc1cc(NCc2ccc(Cl)c(Cl)c2)nn2c(C(=O)Nc3ccc4[nH]ccc4c3)cnc12. The number of hydrogen-bond acceptors (Lipinski definition) is 4. The highest BCUT2D eigenvalue weighted by molar-refractivity contribution is 6.42. The lowest BCUT2D eigenvalue weighted by atomic mass is 10.2. The number of anilines is 2. The van der Waals surface area contributed by atoms with Gasteiger partial charge in [0.15, 0.2) is 11.3 Å². The molecule has 0 saturated carbocycles. The van der Waals surface area contributed by atoms with E-state index in [0.717, 1.165) is 22.0 Å². The van der Waals surface area contributed by atoms with E-state index >= 15 is 0 Å². The molecule has 0 aliphatic heterocycles. The number of aromatic nitrogens is 4. The number of halogens is 2. The number of hydrogen-bond donors (Lipinski definition) is 3. The summed E-state index contributed by atoms with van der Waals surface area (Å²) < 4.78 is 1.55. The highest BCUT2D eigenvalue weighted by Crippen LogP contribution is 2.23. The minimum absolute atomic E-state index is 0.291. The van der Waals surface area contributed by atoms with E-state index in [1.807, 2.05) is 49.5 Å². The summed E-state index contributed by atoms with van der Waals surface area (Å²) in [6.07, 6.45) is 3.39. The Morgan fingerprint density at radius 2 is 1.97 bits per heavy atom. The van der Waals surface area contributed by atoms with Gasteiger partial charge in [0.2, 0.25) is 0 Å². The van der Waals surface area contributed by atoms with Gasteiger partial charge in [-0.2, -0.15) is 0 Å². The second-order valence-electron chi connectivity index (χ2n) is 7.43. The van der Waals surface area contributed by atoms with Crippen molar-refractivity contribution in [2.45, 2.75) is 13.5 Å². The van der Waals surface area contributed by atoms with E-state index in [1.54, 1.807) is 16.6 Å². The maximum atomic E-state index is 13.0. The maximum Gasteiger partial charge on any atom is 0.276 e. The number of carbonyl (C=O) groups is 1. The predicted molar refractivity (Wildman–Crippen MR) is 128 cm³/mol. The van der Waals surface area contributed by atoms with Crippen LogP contribution in [0.5, 0.6) is 0 Å². The van der Waals surface area contributed by atoms with Crippen LogP contribution in [0.15, 0.2) is 60.9 Å². The lowest BCUT2D eigenvalue weighted by Gasteiger charge is -2.10. The summed E-state index contributed by atoms with van der Waals surface area (Å²) in [5, 5.41) is 12.8. The van der Waals surface area contributed by atoms with Crippen LogP contribution in [0.2, 0.25) is 10.0 Å². The molecule has 3 aromatic heterocycles. The second kappa shape index (κ2) is 8.18. The average molecular weight is 465 g/mol. The van der Waals surface area contributed by atoms with Crippen molar-refractivity contribution < 1.29 is 4.79 Å². The normalized spacial score (nSPS) is 11.2. The first-order valence-corrected chi connectivity index (χ1v) is 10.7. The molecule has 0 bridgehead atoms. The van der Waals surface area contributed by atoms with Gasteiger partial charge in [-0.3, -0.25) is 4.79 Å². The zero-order valence-electron chi connectivity index (χ0n) is 17.0. The zero-order valence-corrected chi connectivity index (χ0v) is 18.5. The van der Waals surface area contributed by atoms with Crippen LogP contribution in [0.4, 0.5) is 11.5 Å². The zero-order chi connectivity index (χ0) is 22.2. The van der Waals surface area contributed by atoms with Gasteiger partial charge in [-0.25, -0.2) is 9.50 Å². The predicted octanol–water partition coefficient (Wildman–Crippen LogP) is 5.69. The second-order valence-corrected chi connectivity index (χ2v) is 8.24. The molecular weight excluding hydrogens is 447 g/mol. The van der Waals surface area contributed by atoms with E-state index in [9.17, 15) is 4.79 Å². The van der Waals surface area contributed by atoms with Gasteiger partial charge in [0.1, 0.15) is 5.82 Å². The third-order valence-corrected chi connectivity index (χ3v) is 5.89. The van der Waals surface area contributed by atoms with Crippen LogP contribution >= 0.6 is 23.2 Å².